The summed E-state index contributed by atoms with van der Waals surface area (Å²) in [6.07, 6.45) is 0. The van der Waals surface area contributed by atoms with Crippen LogP contribution in [-0.4, -0.2) is 13.0 Å². The quantitative estimate of drug-likeness (QED) is 0.888. The second-order valence-electron chi connectivity index (χ2n) is 4.54. The van der Waals surface area contributed by atoms with E-state index in [0.717, 1.165) is 20.7 Å². The molecular weight excluding hydrogens is 338 g/mol. The van der Waals surface area contributed by atoms with Gasteiger partial charge in [0.1, 0.15) is 5.75 Å². The molecule has 0 radical (unpaired) electrons. The van der Waals surface area contributed by atoms with Gasteiger partial charge in [0.25, 0.3) is 5.91 Å². The largest absolute Gasteiger partial charge is 0.496 e. The summed E-state index contributed by atoms with van der Waals surface area (Å²) >= 11 is 4.78. The molecular formula is C15H16BrNO2S. The summed E-state index contributed by atoms with van der Waals surface area (Å²) < 4.78 is 6.30. The third-order valence-electron chi connectivity index (χ3n) is 3.00. The average Bonchev–Trinajstić information content (AvgIpc) is 2.85. The Kier molecular flexibility index (Phi) is 4.83. The van der Waals surface area contributed by atoms with E-state index in [1.807, 2.05) is 44.2 Å². The first kappa shape index (κ1) is 15.1. The molecule has 0 bridgehead atoms. The number of carbonyl (C=O) groups is 1. The maximum Gasteiger partial charge on any atom is 0.261 e. The van der Waals surface area contributed by atoms with Gasteiger partial charge in [0, 0.05) is 5.56 Å². The Morgan fingerprint density at radius 1 is 1.35 bits per heavy atom. The lowest BCUT2D eigenvalue weighted by molar-refractivity contribution is 0.0943. The van der Waals surface area contributed by atoms with E-state index in [0.29, 0.717) is 4.88 Å². The maximum atomic E-state index is 12.2. The minimum absolute atomic E-state index is 0.0724. The lowest BCUT2D eigenvalue weighted by Gasteiger charge is -2.17. The molecule has 20 heavy (non-hydrogen) atoms. The molecule has 1 atom stereocenters. The fourth-order valence-electron chi connectivity index (χ4n) is 1.97. The number of aryl methyl sites for hydroxylation is 1. The molecule has 106 valence electrons. The molecule has 1 unspecified atom stereocenters. The number of thiophene rings is 1. The topological polar surface area (TPSA) is 38.3 Å². The number of ether oxygens (including phenoxy) is 1. The molecule has 5 heteroatoms. The summed E-state index contributed by atoms with van der Waals surface area (Å²) in [5, 5.41) is 3.00. The van der Waals surface area contributed by atoms with Crippen LogP contribution in [0.1, 0.15) is 33.8 Å². The van der Waals surface area contributed by atoms with Gasteiger partial charge in [-0.05, 0) is 48.0 Å². The van der Waals surface area contributed by atoms with E-state index >= 15 is 0 Å². The van der Waals surface area contributed by atoms with Crippen LogP contribution < -0.4 is 10.1 Å². The SMILES string of the molecule is COc1ccc(C)cc1C(C)NC(=O)c1ccc(Br)s1. The number of halogens is 1. The maximum absolute atomic E-state index is 12.2. The first-order chi connectivity index (χ1) is 9.51. The second kappa shape index (κ2) is 6.41. The Balaban J connectivity index is 2.17. The molecule has 2 rings (SSSR count). The number of hydrogen-bond donors (Lipinski definition) is 1. The molecule has 0 saturated carbocycles. The highest BCUT2D eigenvalue weighted by Crippen LogP contribution is 2.27. The van der Waals surface area contributed by atoms with Gasteiger partial charge in [-0.2, -0.15) is 0 Å². The highest BCUT2D eigenvalue weighted by atomic mass is 79.9. The van der Waals surface area contributed by atoms with Gasteiger partial charge in [-0.3, -0.25) is 4.79 Å². The lowest BCUT2D eigenvalue weighted by Crippen LogP contribution is -2.26. The summed E-state index contributed by atoms with van der Waals surface area (Å²) in [5.74, 6) is 0.715. The van der Waals surface area contributed by atoms with Gasteiger partial charge < -0.3 is 10.1 Å². The third-order valence-corrected chi connectivity index (χ3v) is 4.62. The molecule has 0 saturated heterocycles. The van der Waals surface area contributed by atoms with Crippen molar-refractivity contribution in [1.29, 1.82) is 0 Å². The molecule has 1 heterocycles. The van der Waals surface area contributed by atoms with Crippen molar-refractivity contribution >= 4 is 33.2 Å². The molecule has 0 aliphatic rings. The van der Waals surface area contributed by atoms with Gasteiger partial charge in [0.05, 0.1) is 21.8 Å². The first-order valence-electron chi connectivity index (χ1n) is 6.22. The third kappa shape index (κ3) is 3.41. The first-order valence-corrected chi connectivity index (χ1v) is 7.83. The van der Waals surface area contributed by atoms with E-state index in [2.05, 4.69) is 21.2 Å². The molecule has 0 fully saturated rings. The van der Waals surface area contributed by atoms with Crippen LogP contribution >= 0.6 is 27.3 Å². The summed E-state index contributed by atoms with van der Waals surface area (Å²) in [7, 11) is 1.64. The van der Waals surface area contributed by atoms with E-state index in [1.54, 1.807) is 7.11 Å². The van der Waals surface area contributed by atoms with Crippen molar-refractivity contribution in [1.82, 2.24) is 5.32 Å². The van der Waals surface area contributed by atoms with Gasteiger partial charge in [-0.1, -0.05) is 17.7 Å². The van der Waals surface area contributed by atoms with E-state index in [4.69, 9.17) is 4.74 Å². The Bertz CT molecular complexity index is 624. The average molecular weight is 354 g/mol. The molecule has 0 aliphatic carbocycles. The number of carbonyl (C=O) groups excluding carboxylic acids is 1. The predicted molar refractivity (Wildman–Crippen MR) is 85.6 cm³/mol. The van der Waals surface area contributed by atoms with Crippen molar-refractivity contribution in [2.24, 2.45) is 0 Å². The Morgan fingerprint density at radius 2 is 2.10 bits per heavy atom. The monoisotopic (exact) mass is 353 g/mol. The van der Waals surface area contributed by atoms with E-state index in [-0.39, 0.29) is 11.9 Å². The van der Waals surface area contributed by atoms with Crippen LogP contribution in [0.25, 0.3) is 0 Å². The molecule has 3 nitrogen and oxygen atoms in total. The molecule has 1 aromatic heterocycles. The molecule has 0 aliphatic heterocycles. The van der Waals surface area contributed by atoms with Gasteiger partial charge in [0.2, 0.25) is 0 Å². The van der Waals surface area contributed by atoms with Gasteiger partial charge in [-0.25, -0.2) is 0 Å². The summed E-state index contributed by atoms with van der Waals surface area (Å²) in [6, 6.07) is 9.52. The van der Waals surface area contributed by atoms with Gasteiger partial charge in [0.15, 0.2) is 0 Å². The number of nitrogens with one attached hydrogen (secondary N) is 1. The standard InChI is InChI=1S/C15H16BrNO2S/c1-9-4-5-12(19-3)11(8-9)10(2)17-15(18)13-6-7-14(16)20-13/h4-8,10H,1-3H3,(H,17,18). The van der Waals surface area contributed by atoms with Crippen LogP contribution in [0.4, 0.5) is 0 Å². The highest BCUT2D eigenvalue weighted by Gasteiger charge is 2.16. The van der Waals surface area contributed by atoms with Crippen molar-refractivity contribution in [3.05, 3.63) is 50.1 Å². The normalized spacial score (nSPS) is 12.0. The number of rotatable bonds is 4. The molecule has 1 N–H and O–H groups in total. The number of methoxy groups -OCH3 is 1. The minimum Gasteiger partial charge on any atom is -0.496 e. The zero-order chi connectivity index (χ0) is 14.7. The van der Waals surface area contributed by atoms with E-state index < -0.39 is 0 Å². The lowest BCUT2D eigenvalue weighted by atomic mass is 10.0. The van der Waals surface area contributed by atoms with Crippen molar-refractivity contribution in [2.45, 2.75) is 19.9 Å². The Hall–Kier alpha value is -1.33. The second-order valence-corrected chi connectivity index (χ2v) is 7.01. The fourth-order valence-corrected chi connectivity index (χ4v) is 3.26. The summed E-state index contributed by atoms with van der Waals surface area (Å²) in [6.45, 7) is 3.98. The van der Waals surface area contributed by atoms with Gasteiger partial charge in [-0.15, -0.1) is 11.3 Å². The van der Waals surface area contributed by atoms with Crippen LogP contribution in [0.3, 0.4) is 0 Å². The Morgan fingerprint density at radius 3 is 2.70 bits per heavy atom. The molecule has 0 spiro atoms. The van der Waals surface area contributed by atoms with E-state index in [9.17, 15) is 4.79 Å². The van der Waals surface area contributed by atoms with Crippen molar-refractivity contribution in [3.63, 3.8) is 0 Å². The zero-order valence-electron chi connectivity index (χ0n) is 11.6. The number of benzene rings is 1. The summed E-state index contributed by atoms with van der Waals surface area (Å²) in [4.78, 5) is 12.9. The van der Waals surface area contributed by atoms with Crippen molar-refractivity contribution in [3.8, 4) is 5.75 Å². The van der Waals surface area contributed by atoms with Crippen LogP contribution in [0.5, 0.6) is 5.75 Å². The van der Waals surface area contributed by atoms with Crippen LogP contribution in [0.15, 0.2) is 34.1 Å². The zero-order valence-corrected chi connectivity index (χ0v) is 14.0. The Labute approximate surface area is 131 Å². The van der Waals surface area contributed by atoms with Gasteiger partial charge >= 0.3 is 0 Å². The number of hydrogen-bond acceptors (Lipinski definition) is 3. The van der Waals surface area contributed by atoms with Crippen LogP contribution in [0, 0.1) is 6.92 Å². The van der Waals surface area contributed by atoms with Crippen LogP contribution in [0.2, 0.25) is 0 Å². The predicted octanol–water partition coefficient (Wildman–Crippen LogP) is 4.32. The highest BCUT2D eigenvalue weighted by molar-refractivity contribution is 9.11. The van der Waals surface area contributed by atoms with E-state index in [1.165, 1.54) is 11.3 Å². The molecule has 2 aromatic rings. The fraction of sp³-hybridized carbons (Fsp3) is 0.267. The van der Waals surface area contributed by atoms with Crippen molar-refractivity contribution in [2.75, 3.05) is 7.11 Å². The number of amides is 1. The minimum atomic E-state index is -0.113. The van der Waals surface area contributed by atoms with Crippen LogP contribution in [-0.2, 0) is 0 Å². The smallest absolute Gasteiger partial charge is 0.261 e. The summed E-state index contributed by atoms with van der Waals surface area (Å²) in [5.41, 5.74) is 2.12. The molecule has 1 aromatic carbocycles. The molecule has 1 amide bonds. The van der Waals surface area contributed by atoms with Crippen molar-refractivity contribution < 1.29 is 9.53 Å².